The second kappa shape index (κ2) is 5.82. The Balaban J connectivity index is 0.000000133. The van der Waals surface area contributed by atoms with Crippen LogP contribution in [0.3, 0.4) is 0 Å². The summed E-state index contributed by atoms with van der Waals surface area (Å²) < 4.78 is 0. The molecule has 22 heavy (non-hydrogen) atoms. The topological polar surface area (TPSA) is 100 Å². The Labute approximate surface area is 129 Å². The van der Waals surface area contributed by atoms with Crippen molar-refractivity contribution >= 4 is 39.4 Å². The summed E-state index contributed by atoms with van der Waals surface area (Å²) in [5, 5.41) is 17.5. The van der Waals surface area contributed by atoms with Crippen molar-refractivity contribution in [3.05, 3.63) is 63.9 Å². The number of fused-ring (bicyclic) bond motifs is 2. The summed E-state index contributed by atoms with van der Waals surface area (Å²) in [4.78, 5) is 16.8. The van der Waals surface area contributed by atoms with Crippen molar-refractivity contribution in [3.63, 3.8) is 0 Å². The fraction of sp³-hybridized carbons (Fsp3) is 0. The SMILES string of the molecule is Clc1nc2ccccc2[nH]1.O=[N+]([O-])c1n[nH]c2ccccc12. The van der Waals surface area contributed by atoms with Crippen molar-refractivity contribution in [1.29, 1.82) is 0 Å². The minimum absolute atomic E-state index is 0.120. The third kappa shape index (κ3) is 2.75. The van der Waals surface area contributed by atoms with Crippen molar-refractivity contribution in [2.24, 2.45) is 0 Å². The largest absolute Gasteiger partial charge is 0.397 e. The molecule has 4 aromatic rings. The van der Waals surface area contributed by atoms with E-state index in [4.69, 9.17) is 11.6 Å². The van der Waals surface area contributed by atoms with Crippen LogP contribution in [0.2, 0.25) is 5.28 Å². The van der Waals surface area contributed by atoms with Crippen molar-refractivity contribution in [3.8, 4) is 0 Å². The number of aromatic nitrogens is 4. The Bertz CT molecular complexity index is 913. The van der Waals surface area contributed by atoms with Crippen LogP contribution < -0.4 is 0 Å². The van der Waals surface area contributed by atoms with E-state index < -0.39 is 4.92 Å². The lowest BCUT2D eigenvalue weighted by Crippen LogP contribution is -1.87. The monoisotopic (exact) mass is 315 g/mol. The summed E-state index contributed by atoms with van der Waals surface area (Å²) in [5.41, 5.74) is 2.57. The Morgan fingerprint density at radius 1 is 1.05 bits per heavy atom. The molecule has 4 rings (SSSR count). The summed E-state index contributed by atoms with van der Waals surface area (Å²) in [7, 11) is 0. The van der Waals surface area contributed by atoms with Gasteiger partial charge in [0.2, 0.25) is 5.28 Å². The van der Waals surface area contributed by atoms with Crippen molar-refractivity contribution < 1.29 is 4.92 Å². The second-order valence-corrected chi connectivity index (χ2v) is 4.75. The van der Waals surface area contributed by atoms with E-state index in [1.165, 1.54) is 0 Å². The first-order valence-electron chi connectivity index (χ1n) is 6.33. The predicted molar refractivity (Wildman–Crippen MR) is 83.9 cm³/mol. The highest BCUT2D eigenvalue weighted by Gasteiger charge is 2.14. The molecule has 8 heteroatoms. The van der Waals surface area contributed by atoms with E-state index in [-0.39, 0.29) is 5.82 Å². The van der Waals surface area contributed by atoms with Gasteiger partial charge in [-0.15, -0.1) is 0 Å². The fourth-order valence-electron chi connectivity index (χ4n) is 2.01. The fourth-order valence-corrected chi connectivity index (χ4v) is 2.20. The van der Waals surface area contributed by atoms with Gasteiger partial charge in [0.1, 0.15) is 5.39 Å². The molecule has 0 spiro atoms. The number of nitrogens with one attached hydrogen (secondary N) is 2. The van der Waals surface area contributed by atoms with Crippen LogP contribution in [-0.4, -0.2) is 25.1 Å². The molecule has 2 aromatic carbocycles. The number of hydrogen-bond donors (Lipinski definition) is 2. The van der Waals surface area contributed by atoms with E-state index in [1.807, 2.05) is 24.3 Å². The normalized spacial score (nSPS) is 10.4. The molecule has 0 bridgehead atoms. The molecule has 0 radical (unpaired) electrons. The molecular formula is C14H10ClN5O2. The smallest absolute Gasteiger partial charge is 0.358 e. The van der Waals surface area contributed by atoms with Gasteiger partial charge in [-0.3, -0.25) is 0 Å². The second-order valence-electron chi connectivity index (χ2n) is 4.39. The average molecular weight is 316 g/mol. The van der Waals surface area contributed by atoms with Gasteiger partial charge >= 0.3 is 5.82 Å². The van der Waals surface area contributed by atoms with Crippen LogP contribution >= 0.6 is 11.6 Å². The van der Waals surface area contributed by atoms with Gasteiger partial charge in [0.25, 0.3) is 0 Å². The minimum Gasteiger partial charge on any atom is -0.358 e. The van der Waals surface area contributed by atoms with Crippen LogP contribution in [0.15, 0.2) is 48.5 Å². The van der Waals surface area contributed by atoms with E-state index in [0.717, 1.165) is 11.0 Å². The molecule has 7 nitrogen and oxygen atoms in total. The lowest BCUT2D eigenvalue weighted by Gasteiger charge is -1.86. The maximum absolute atomic E-state index is 10.4. The first kappa shape index (κ1) is 14.0. The lowest BCUT2D eigenvalue weighted by molar-refractivity contribution is -0.387. The molecular weight excluding hydrogens is 306 g/mol. The molecule has 0 saturated carbocycles. The summed E-state index contributed by atoms with van der Waals surface area (Å²) in [6, 6.07) is 14.7. The van der Waals surface area contributed by atoms with E-state index in [0.29, 0.717) is 16.2 Å². The first-order valence-corrected chi connectivity index (χ1v) is 6.70. The molecule has 0 saturated heterocycles. The molecule has 2 aromatic heterocycles. The number of H-pyrrole nitrogens is 2. The number of imidazole rings is 1. The number of benzene rings is 2. The molecule has 0 aliphatic carbocycles. The van der Waals surface area contributed by atoms with Crippen LogP contribution in [0, 0.1) is 10.1 Å². The third-order valence-corrected chi connectivity index (χ3v) is 3.16. The van der Waals surface area contributed by atoms with Gasteiger partial charge in [-0.2, -0.15) is 5.10 Å². The number of para-hydroxylation sites is 3. The lowest BCUT2D eigenvalue weighted by atomic mass is 10.2. The molecule has 0 amide bonds. The van der Waals surface area contributed by atoms with Gasteiger partial charge in [-0.05, 0) is 40.8 Å². The summed E-state index contributed by atoms with van der Waals surface area (Å²) in [6.07, 6.45) is 0. The van der Waals surface area contributed by atoms with Crippen molar-refractivity contribution in [1.82, 2.24) is 20.2 Å². The van der Waals surface area contributed by atoms with E-state index in [9.17, 15) is 10.1 Å². The van der Waals surface area contributed by atoms with Crippen LogP contribution in [0.4, 0.5) is 5.82 Å². The summed E-state index contributed by atoms with van der Waals surface area (Å²) in [5.74, 6) is -0.120. The molecule has 2 N–H and O–H groups in total. The zero-order valence-corrected chi connectivity index (χ0v) is 11.9. The van der Waals surface area contributed by atoms with E-state index in [1.54, 1.807) is 24.3 Å². The number of nitro groups is 1. The Hall–Kier alpha value is -2.93. The molecule has 0 atom stereocenters. The van der Waals surface area contributed by atoms with Crippen LogP contribution in [0.1, 0.15) is 0 Å². The minimum atomic E-state index is -0.501. The van der Waals surface area contributed by atoms with Crippen LogP contribution in [0.5, 0.6) is 0 Å². The molecule has 0 unspecified atom stereocenters. The maximum Gasteiger partial charge on any atom is 0.397 e. The van der Waals surface area contributed by atoms with Gasteiger partial charge in [0, 0.05) is 0 Å². The highest BCUT2D eigenvalue weighted by Crippen LogP contribution is 2.20. The van der Waals surface area contributed by atoms with Crippen molar-refractivity contribution in [2.75, 3.05) is 0 Å². The Kier molecular flexibility index (Phi) is 3.71. The molecule has 0 aliphatic heterocycles. The molecule has 2 heterocycles. The summed E-state index contributed by atoms with van der Waals surface area (Å²) in [6.45, 7) is 0. The van der Waals surface area contributed by atoms with Crippen LogP contribution in [-0.2, 0) is 0 Å². The van der Waals surface area contributed by atoms with Gasteiger partial charge in [-0.1, -0.05) is 24.3 Å². The van der Waals surface area contributed by atoms with Gasteiger partial charge in [0.05, 0.1) is 21.6 Å². The number of halogens is 1. The predicted octanol–water partition coefficient (Wildman–Crippen LogP) is 3.69. The zero-order chi connectivity index (χ0) is 15.5. The number of hydrogen-bond acceptors (Lipinski definition) is 4. The molecule has 0 aliphatic rings. The van der Waals surface area contributed by atoms with Crippen molar-refractivity contribution in [2.45, 2.75) is 0 Å². The third-order valence-electron chi connectivity index (χ3n) is 2.98. The van der Waals surface area contributed by atoms with E-state index in [2.05, 4.69) is 20.2 Å². The Morgan fingerprint density at radius 3 is 2.45 bits per heavy atom. The number of aromatic amines is 2. The number of nitrogens with zero attached hydrogens (tertiary/aromatic N) is 3. The highest BCUT2D eigenvalue weighted by molar-refractivity contribution is 6.29. The first-order chi connectivity index (χ1) is 10.6. The van der Waals surface area contributed by atoms with Crippen LogP contribution in [0.25, 0.3) is 21.9 Å². The average Bonchev–Trinajstić information content (AvgIpc) is 3.09. The highest BCUT2D eigenvalue weighted by atomic mass is 35.5. The van der Waals surface area contributed by atoms with Gasteiger partial charge < -0.3 is 15.1 Å². The molecule has 110 valence electrons. The van der Waals surface area contributed by atoms with E-state index >= 15 is 0 Å². The van der Waals surface area contributed by atoms with Gasteiger partial charge in [-0.25, -0.2) is 4.98 Å². The zero-order valence-electron chi connectivity index (χ0n) is 11.2. The van der Waals surface area contributed by atoms with Gasteiger partial charge in [0.15, 0.2) is 0 Å². The Morgan fingerprint density at radius 2 is 1.73 bits per heavy atom. The summed E-state index contributed by atoms with van der Waals surface area (Å²) >= 11 is 5.62. The molecule has 0 fully saturated rings. The number of rotatable bonds is 1. The maximum atomic E-state index is 10.4. The quantitative estimate of drug-likeness (QED) is 0.413. The standard InChI is InChI=1S/C7H5ClN2.C7H5N3O2/c8-7-9-5-3-1-2-4-6(5)10-7;11-10(12)7-5-3-1-2-4-6(5)8-9-7/h1-4H,(H,9,10);1-4H,(H,8,9).